The average molecular weight is 1550 g/mol. The molecule has 3 heterocycles. The monoisotopic (exact) mass is 1550 g/mol. The summed E-state index contributed by atoms with van der Waals surface area (Å²) in [5.74, 6) is -1.19. The van der Waals surface area contributed by atoms with Gasteiger partial charge in [-0.1, -0.05) is 25.8 Å². The second kappa shape index (κ2) is 84.3. The van der Waals surface area contributed by atoms with E-state index < -0.39 is 12.1 Å². The number of carbonyl (C=O) groups excluding carboxylic acids is 8. The molecule has 0 aliphatic carbocycles. The van der Waals surface area contributed by atoms with Crippen molar-refractivity contribution in [1.29, 1.82) is 5.26 Å². The van der Waals surface area contributed by atoms with Crippen molar-refractivity contribution in [3.8, 4) is 6.26 Å². The first-order chi connectivity index (χ1) is 46.1. The van der Waals surface area contributed by atoms with Crippen molar-refractivity contribution in [2.75, 3.05) is 218 Å². The molecule has 97 heavy (non-hydrogen) atoms. The summed E-state index contributed by atoms with van der Waals surface area (Å²) >= 11 is 0. The maximum absolute atomic E-state index is 12.0. The van der Waals surface area contributed by atoms with E-state index in [1.54, 1.807) is 7.11 Å². The number of hydrogen-bond acceptors (Lipinski definition) is 30. The van der Waals surface area contributed by atoms with E-state index in [0.717, 1.165) is 143 Å². The number of ketones is 1. The quantitative estimate of drug-likeness (QED) is 0.00405. The second-order valence-electron chi connectivity index (χ2n) is 20.9. The number of β-amino-alcohol motifs (C(OH)–C–C–N with tert-alkyl or cyclic N) is 2. The zero-order chi connectivity index (χ0) is 71.5. The van der Waals surface area contributed by atoms with Gasteiger partial charge in [0.2, 0.25) is 12.8 Å². The number of hydrogen-bond donors (Lipinski definition) is 8. The van der Waals surface area contributed by atoms with Gasteiger partial charge in [0.1, 0.15) is 19.0 Å². The van der Waals surface area contributed by atoms with Crippen molar-refractivity contribution in [3.63, 3.8) is 0 Å². The van der Waals surface area contributed by atoms with Gasteiger partial charge < -0.3 is 93.8 Å². The van der Waals surface area contributed by atoms with Gasteiger partial charge in [0.15, 0.2) is 0 Å². The van der Waals surface area contributed by atoms with Gasteiger partial charge in [-0.25, -0.2) is 14.4 Å². The lowest BCUT2D eigenvalue weighted by Crippen LogP contribution is -2.47. The molecule has 0 spiro atoms. The Labute approximate surface area is 601 Å². The molecule has 0 aromatic carbocycles. The summed E-state index contributed by atoms with van der Waals surface area (Å²) < 4.78 is 39.2. The van der Waals surface area contributed by atoms with E-state index >= 15 is 0 Å². The molecular formula is C62H123BIN9O22P2. The Morgan fingerprint density at radius 2 is 0.938 bits per heavy atom. The van der Waals surface area contributed by atoms with E-state index in [4.69, 9.17) is 64.3 Å². The number of nitriles is 1. The number of alkyl carbamates (subject to hydrolysis) is 1. The Bertz CT molecular complexity index is 1950. The number of piperazine rings is 3. The Hall–Kier alpha value is -4.17. The summed E-state index contributed by atoms with van der Waals surface area (Å²) in [4.78, 5) is 103. The van der Waals surface area contributed by atoms with E-state index in [0.29, 0.717) is 123 Å². The summed E-state index contributed by atoms with van der Waals surface area (Å²) in [6.07, 6.45) is 14.2. The third kappa shape index (κ3) is 80.7. The number of nitrogens with one attached hydrogen (secondary N) is 2. The van der Waals surface area contributed by atoms with E-state index in [2.05, 4.69) is 63.7 Å². The first kappa shape index (κ1) is 104. The first-order valence-electron chi connectivity index (χ1n) is 32.8. The van der Waals surface area contributed by atoms with Crippen LogP contribution in [0.1, 0.15) is 118 Å². The molecule has 3 rings (SSSR count). The lowest BCUT2D eigenvalue weighted by atomic mass is 10.1. The summed E-state index contributed by atoms with van der Waals surface area (Å²) in [6, 6.07) is 0. The fraction of sp³-hybridized carbons (Fsp3) is 0.823. The highest BCUT2D eigenvalue weighted by Crippen LogP contribution is 2.09. The number of halogens is 1. The Morgan fingerprint density at radius 3 is 1.37 bits per heavy atom. The average Bonchev–Trinajstić information content (AvgIpc) is 1.05. The lowest BCUT2D eigenvalue weighted by molar-refractivity contribution is -0.146. The largest absolute Gasteiger partial charge is 0.466 e. The van der Waals surface area contributed by atoms with Gasteiger partial charge in [-0.3, -0.25) is 33.9 Å². The van der Waals surface area contributed by atoms with Crippen molar-refractivity contribution in [3.05, 3.63) is 12.7 Å². The second-order valence-corrected chi connectivity index (χ2v) is 20.9. The number of rotatable bonds is 45. The molecular weight excluding hydrogens is 1420 g/mol. The zero-order valence-corrected chi connectivity index (χ0v) is 62.9. The van der Waals surface area contributed by atoms with Crippen LogP contribution in [0, 0.1) is 11.5 Å². The van der Waals surface area contributed by atoms with Crippen molar-refractivity contribution < 1.29 is 108 Å². The number of ether oxygens (including phenoxy) is 8. The predicted molar refractivity (Wildman–Crippen MR) is 387 cm³/mol. The zero-order valence-electron chi connectivity index (χ0n) is 58.0. The van der Waals surface area contributed by atoms with Crippen LogP contribution in [0.4, 0.5) is 4.79 Å². The number of carbonyl (C=O) groups is 7. The van der Waals surface area contributed by atoms with E-state index in [-0.39, 0.29) is 124 Å². The highest BCUT2D eigenvalue weighted by molar-refractivity contribution is 14.0. The molecule has 2 unspecified atom stereocenters. The molecule has 3 fully saturated rings. The standard InChI is InChI=1S/C31H55N3O10.C13H26N2O4.C7H12O3.C6H14N2O.C3H2N2O2.C2H6O2.BH2P.HI.H3P.H2/c1-27(35)11-10-13-29(37)41-22-8-9-23-42-30(38)14-16-33-17-19-34(20-18-33)21-24-43-28(36)12-6-4-3-5-7-15-32-31(39)44-26-25-40-2;16-10-1-2-12-19-13(18)3-4-14-5-7-15(8-6-14)9-11-17;1-2-7(9)10-6-4-3-5-8;9-6-5-8-3-1-7-2-4-8;4-1-7-3-5-2-6;3-1-2-4;1-2;;;/h3-26H2,1-2H3,(H,32,39);16-17H,1-12H2;2,8H,1,3-6H2;7,9H,1-6H2;3H2;3-4H,1-2H2;2H2;1H;1H3;1H. The first-order valence-corrected chi connectivity index (χ1v) is 33.5. The van der Waals surface area contributed by atoms with Crippen LogP contribution in [0.25, 0.3) is 0 Å². The van der Waals surface area contributed by atoms with Gasteiger partial charge in [-0.05, 0) is 64.7 Å². The Balaban J connectivity index is -0.000000249. The molecule has 3 saturated heterocycles. The molecule has 3 aliphatic rings. The molecule has 568 valence electrons. The number of amides is 1. The van der Waals surface area contributed by atoms with Gasteiger partial charge in [-0.2, -0.15) is 29.3 Å². The number of aliphatic hydroxyl groups excluding tert-OH is 6. The minimum atomic E-state index is -0.424. The van der Waals surface area contributed by atoms with Crippen LogP contribution in [0.5, 0.6) is 0 Å². The van der Waals surface area contributed by atoms with Gasteiger partial charge in [0, 0.05) is 165 Å². The smallest absolute Gasteiger partial charge is 0.407 e. The van der Waals surface area contributed by atoms with E-state index in [1.807, 2.05) is 9.12 Å². The number of unbranched alkanes of at least 4 members (excludes halogenated alkanes) is 7. The van der Waals surface area contributed by atoms with Gasteiger partial charge in [-0.15, -0.1) is 24.0 Å². The number of methoxy groups -OCH3 is 1. The maximum atomic E-state index is 12.0. The molecule has 35 heteroatoms. The summed E-state index contributed by atoms with van der Waals surface area (Å²) in [6.45, 7) is 23.2. The molecule has 0 bridgehead atoms. The minimum absolute atomic E-state index is 0. The predicted octanol–water partition coefficient (Wildman–Crippen LogP) is 1.17. The molecule has 31 nitrogen and oxygen atoms in total. The Morgan fingerprint density at radius 1 is 0.526 bits per heavy atom. The molecule has 3 aliphatic heterocycles. The molecule has 1 amide bonds. The van der Waals surface area contributed by atoms with Crippen LogP contribution >= 0.6 is 43.0 Å². The van der Waals surface area contributed by atoms with Crippen molar-refractivity contribution in [1.82, 2.24) is 35.1 Å². The Kier molecular flexibility index (Phi) is 90.2. The molecule has 2 radical (unpaired) electrons. The number of aliphatic imine (C=N–C) groups is 1. The highest BCUT2D eigenvalue weighted by atomic mass is 127. The maximum Gasteiger partial charge on any atom is 0.407 e. The van der Waals surface area contributed by atoms with Crippen LogP contribution in [0.3, 0.4) is 0 Å². The third-order valence-electron chi connectivity index (χ3n) is 13.4. The molecule has 0 saturated carbocycles. The SMILES string of the molecule is C=CC(=O)OCCCCO.COCCOC(=O)NCCCCCCCC(=O)OCCN1CCN(CCC(=O)OCCCCOC(=O)CCCC(C)=O)CC1.I.N#COCN=C=O.O=C(CCN1CCN(CCO)CC1)OCCCCO.OCCN1CCNCC1.OCCO.P.[B]P.[HH]. The van der Waals surface area contributed by atoms with Gasteiger partial charge in [0.05, 0.1) is 79.9 Å². The van der Waals surface area contributed by atoms with E-state index in [1.165, 1.54) is 19.3 Å². The number of nitrogens with zero attached hydrogens (tertiary/aromatic N) is 7. The van der Waals surface area contributed by atoms with Crippen LogP contribution in [0.2, 0.25) is 0 Å². The van der Waals surface area contributed by atoms with Crippen molar-refractivity contribution in [2.24, 2.45) is 4.99 Å². The number of esters is 5. The summed E-state index contributed by atoms with van der Waals surface area (Å²) in [7, 11) is 7.89. The van der Waals surface area contributed by atoms with E-state index in [9.17, 15) is 38.4 Å². The topological polar surface area (TPSA) is 408 Å². The van der Waals surface area contributed by atoms with Crippen LogP contribution in [-0.2, 0) is 71.5 Å². The lowest BCUT2D eigenvalue weighted by Gasteiger charge is -2.34. The molecule has 2 atom stereocenters. The van der Waals surface area contributed by atoms with Crippen LogP contribution < -0.4 is 10.6 Å². The highest BCUT2D eigenvalue weighted by Gasteiger charge is 2.20. The van der Waals surface area contributed by atoms with Crippen LogP contribution in [-0.4, -0.2) is 328 Å². The van der Waals surface area contributed by atoms with Crippen molar-refractivity contribution in [2.45, 2.75) is 116 Å². The number of isocyanates is 1. The third-order valence-corrected chi connectivity index (χ3v) is 13.4. The molecule has 8 N–H and O–H groups in total. The number of aliphatic hydroxyl groups is 6. The van der Waals surface area contributed by atoms with Gasteiger partial charge >= 0.3 is 35.9 Å². The fourth-order valence-corrected chi connectivity index (χ4v) is 8.14. The molecule has 0 aromatic heterocycles. The fourth-order valence-electron chi connectivity index (χ4n) is 8.14. The summed E-state index contributed by atoms with van der Waals surface area (Å²) in [5.41, 5.74) is 0. The van der Waals surface area contributed by atoms with Crippen molar-refractivity contribution >= 4 is 98.4 Å². The van der Waals surface area contributed by atoms with Crippen LogP contribution in [0.15, 0.2) is 17.6 Å². The van der Waals surface area contributed by atoms with Gasteiger partial charge in [0.25, 0.3) is 6.26 Å². The summed E-state index contributed by atoms with van der Waals surface area (Å²) in [5, 5.41) is 63.2. The minimum Gasteiger partial charge on any atom is -0.466 e. The normalized spacial score (nSPS) is 13.4. The molecule has 0 aromatic rings. The number of Topliss-reactive ketones (excluding diaryl/α,β-unsaturated/α-hetero) is 1.